The van der Waals surface area contributed by atoms with Gasteiger partial charge >= 0.3 is 0 Å². The molecule has 1 aromatic carbocycles. The highest BCUT2D eigenvalue weighted by molar-refractivity contribution is 5.31. The molecule has 0 aliphatic heterocycles. The SMILES string of the molecule is CCc1ccccc1C(C)(F)CC. The van der Waals surface area contributed by atoms with Crippen LogP contribution in [0.25, 0.3) is 0 Å². The summed E-state index contributed by atoms with van der Waals surface area (Å²) in [6, 6.07) is 7.77. The molecule has 0 heterocycles. The van der Waals surface area contributed by atoms with E-state index in [4.69, 9.17) is 0 Å². The molecule has 1 atom stereocenters. The van der Waals surface area contributed by atoms with Crippen LogP contribution in [0, 0.1) is 0 Å². The van der Waals surface area contributed by atoms with Crippen LogP contribution in [-0.4, -0.2) is 0 Å². The molecule has 0 nitrogen and oxygen atoms in total. The molecule has 0 aliphatic carbocycles. The van der Waals surface area contributed by atoms with E-state index in [0.29, 0.717) is 6.42 Å². The van der Waals surface area contributed by atoms with Crippen LogP contribution in [0.15, 0.2) is 24.3 Å². The van der Waals surface area contributed by atoms with E-state index in [1.165, 1.54) is 0 Å². The third-order valence-electron chi connectivity index (χ3n) is 2.62. The minimum absolute atomic E-state index is 0.532. The largest absolute Gasteiger partial charge is 0.239 e. The van der Waals surface area contributed by atoms with Crippen molar-refractivity contribution in [3.05, 3.63) is 35.4 Å². The number of hydrogen-bond acceptors (Lipinski definition) is 0. The molecule has 1 rings (SSSR count). The van der Waals surface area contributed by atoms with E-state index in [-0.39, 0.29) is 0 Å². The zero-order valence-corrected chi connectivity index (χ0v) is 8.60. The Morgan fingerprint density at radius 2 is 1.85 bits per heavy atom. The first kappa shape index (κ1) is 10.2. The number of aryl methyl sites for hydroxylation is 1. The number of halogens is 1. The van der Waals surface area contributed by atoms with Gasteiger partial charge in [0.1, 0.15) is 5.67 Å². The van der Waals surface area contributed by atoms with Crippen molar-refractivity contribution in [3.63, 3.8) is 0 Å². The van der Waals surface area contributed by atoms with Crippen molar-refractivity contribution in [1.82, 2.24) is 0 Å². The Balaban J connectivity index is 3.12. The van der Waals surface area contributed by atoms with E-state index in [1.807, 2.05) is 31.2 Å². The summed E-state index contributed by atoms with van der Waals surface area (Å²) < 4.78 is 14.0. The number of hydrogen-bond donors (Lipinski definition) is 0. The standard InChI is InChI=1S/C12H17F/c1-4-10-8-6-7-9-11(10)12(3,13)5-2/h6-9H,4-5H2,1-3H3. The third kappa shape index (κ3) is 2.09. The van der Waals surface area contributed by atoms with E-state index in [9.17, 15) is 4.39 Å². The molecular weight excluding hydrogens is 163 g/mol. The second-order valence-electron chi connectivity index (χ2n) is 3.56. The Labute approximate surface area is 79.8 Å². The van der Waals surface area contributed by atoms with Crippen LogP contribution in [0.2, 0.25) is 0 Å². The molecule has 0 radical (unpaired) electrons. The molecule has 0 fully saturated rings. The first-order chi connectivity index (χ1) is 6.11. The summed E-state index contributed by atoms with van der Waals surface area (Å²) in [4.78, 5) is 0. The maximum atomic E-state index is 14.0. The molecule has 13 heavy (non-hydrogen) atoms. The first-order valence-electron chi connectivity index (χ1n) is 4.89. The second kappa shape index (κ2) is 3.91. The average Bonchev–Trinajstić information content (AvgIpc) is 2.18. The van der Waals surface area contributed by atoms with Crippen molar-refractivity contribution in [3.8, 4) is 0 Å². The fourth-order valence-corrected chi connectivity index (χ4v) is 1.53. The maximum Gasteiger partial charge on any atom is 0.133 e. The summed E-state index contributed by atoms with van der Waals surface area (Å²) in [7, 11) is 0. The third-order valence-corrected chi connectivity index (χ3v) is 2.62. The Hall–Kier alpha value is -0.850. The lowest BCUT2D eigenvalue weighted by Gasteiger charge is -2.21. The summed E-state index contributed by atoms with van der Waals surface area (Å²) in [5, 5.41) is 0. The highest BCUT2D eigenvalue weighted by atomic mass is 19.1. The minimum Gasteiger partial charge on any atom is -0.239 e. The number of rotatable bonds is 3. The molecule has 0 aliphatic rings. The van der Waals surface area contributed by atoms with E-state index >= 15 is 0 Å². The van der Waals surface area contributed by atoms with Gasteiger partial charge in [-0.3, -0.25) is 0 Å². The van der Waals surface area contributed by atoms with Crippen molar-refractivity contribution in [2.75, 3.05) is 0 Å². The molecule has 0 spiro atoms. The molecule has 0 amide bonds. The summed E-state index contributed by atoms with van der Waals surface area (Å²) in [6.07, 6.45) is 1.43. The zero-order valence-electron chi connectivity index (χ0n) is 8.60. The summed E-state index contributed by atoms with van der Waals surface area (Å²) in [5.74, 6) is 0. The van der Waals surface area contributed by atoms with Crippen molar-refractivity contribution in [1.29, 1.82) is 0 Å². The van der Waals surface area contributed by atoms with Gasteiger partial charge in [0.25, 0.3) is 0 Å². The summed E-state index contributed by atoms with van der Waals surface area (Å²) in [5.41, 5.74) is 0.793. The van der Waals surface area contributed by atoms with Crippen LogP contribution in [0.3, 0.4) is 0 Å². The highest BCUT2D eigenvalue weighted by Crippen LogP contribution is 2.31. The minimum atomic E-state index is -1.17. The van der Waals surface area contributed by atoms with Crippen LogP contribution in [-0.2, 0) is 12.1 Å². The van der Waals surface area contributed by atoms with Crippen LogP contribution in [0.5, 0.6) is 0 Å². The Morgan fingerprint density at radius 3 is 2.38 bits per heavy atom. The quantitative estimate of drug-likeness (QED) is 0.663. The lowest BCUT2D eigenvalue weighted by atomic mass is 9.90. The van der Waals surface area contributed by atoms with Crippen molar-refractivity contribution in [2.24, 2.45) is 0 Å². The van der Waals surface area contributed by atoms with Crippen molar-refractivity contribution in [2.45, 2.75) is 39.3 Å². The summed E-state index contributed by atoms with van der Waals surface area (Å²) >= 11 is 0. The topological polar surface area (TPSA) is 0 Å². The lowest BCUT2D eigenvalue weighted by Crippen LogP contribution is -2.15. The van der Waals surface area contributed by atoms with Crippen LogP contribution in [0.4, 0.5) is 4.39 Å². The molecule has 72 valence electrons. The van der Waals surface area contributed by atoms with Gasteiger partial charge < -0.3 is 0 Å². The predicted molar refractivity (Wildman–Crippen MR) is 54.6 cm³/mol. The van der Waals surface area contributed by atoms with Gasteiger partial charge in [0, 0.05) is 0 Å². The molecular formula is C12H17F. The monoisotopic (exact) mass is 180 g/mol. The second-order valence-corrected chi connectivity index (χ2v) is 3.56. The van der Waals surface area contributed by atoms with Crippen LogP contribution >= 0.6 is 0 Å². The van der Waals surface area contributed by atoms with Crippen LogP contribution < -0.4 is 0 Å². The Morgan fingerprint density at radius 1 is 1.23 bits per heavy atom. The molecule has 0 saturated heterocycles. The molecule has 0 aromatic heterocycles. The van der Waals surface area contributed by atoms with E-state index in [0.717, 1.165) is 17.5 Å². The predicted octanol–water partition coefficient (Wildman–Crippen LogP) is 3.84. The van der Waals surface area contributed by atoms with Crippen molar-refractivity contribution < 1.29 is 4.39 Å². The van der Waals surface area contributed by atoms with Gasteiger partial charge in [-0.15, -0.1) is 0 Å². The van der Waals surface area contributed by atoms with E-state index in [2.05, 4.69) is 6.92 Å². The smallest absolute Gasteiger partial charge is 0.133 e. The highest BCUT2D eigenvalue weighted by Gasteiger charge is 2.24. The van der Waals surface area contributed by atoms with Gasteiger partial charge in [-0.25, -0.2) is 4.39 Å². The van der Waals surface area contributed by atoms with Gasteiger partial charge in [-0.2, -0.15) is 0 Å². The molecule has 0 saturated carbocycles. The normalized spacial score (nSPS) is 15.4. The first-order valence-corrected chi connectivity index (χ1v) is 4.89. The Kier molecular flexibility index (Phi) is 3.07. The number of benzene rings is 1. The summed E-state index contributed by atoms with van der Waals surface area (Å²) in [6.45, 7) is 5.60. The maximum absolute atomic E-state index is 14.0. The molecule has 1 heteroatoms. The van der Waals surface area contributed by atoms with Gasteiger partial charge in [-0.1, -0.05) is 38.1 Å². The van der Waals surface area contributed by atoms with Gasteiger partial charge in [-0.05, 0) is 30.9 Å². The fourth-order valence-electron chi connectivity index (χ4n) is 1.53. The van der Waals surface area contributed by atoms with Gasteiger partial charge in [0.05, 0.1) is 0 Å². The Bertz CT molecular complexity index is 276. The number of alkyl halides is 1. The van der Waals surface area contributed by atoms with Crippen LogP contribution in [0.1, 0.15) is 38.3 Å². The molecule has 0 bridgehead atoms. The van der Waals surface area contributed by atoms with Gasteiger partial charge in [0.2, 0.25) is 0 Å². The lowest BCUT2D eigenvalue weighted by molar-refractivity contribution is 0.184. The fraction of sp³-hybridized carbons (Fsp3) is 0.500. The van der Waals surface area contributed by atoms with E-state index in [1.54, 1.807) is 6.92 Å². The zero-order chi connectivity index (χ0) is 9.90. The van der Waals surface area contributed by atoms with Crippen molar-refractivity contribution >= 4 is 0 Å². The molecule has 1 aromatic rings. The molecule has 1 unspecified atom stereocenters. The van der Waals surface area contributed by atoms with E-state index < -0.39 is 5.67 Å². The average molecular weight is 180 g/mol. The molecule has 0 N–H and O–H groups in total. The van der Waals surface area contributed by atoms with Gasteiger partial charge in [0.15, 0.2) is 0 Å².